The minimum atomic E-state index is -1.11. The molecule has 3 aromatic rings. The second-order valence-electron chi connectivity index (χ2n) is 10.3. The topological polar surface area (TPSA) is 39.9 Å². The van der Waals surface area contributed by atoms with Gasteiger partial charge in [0.15, 0.2) is 0 Å². The van der Waals surface area contributed by atoms with Crippen molar-refractivity contribution in [2.45, 2.75) is 70.9 Å². The Hall–Kier alpha value is -1.69. The summed E-state index contributed by atoms with van der Waals surface area (Å²) in [5.74, 6) is 1.30. The molecule has 1 aromatic carbocycles. The van der Waals surface area contributed by atoms with Crippen LogP contribution < -0.4 is 0 Å². The first-order chi connectivity index (χ1) is 14.8. The zero-order valence-corrected chi connectivity index (χ0v) is 21.0. The summed E-state index contributed by atoms with van der Waals surface area (Å²) < 4.78 is 8.23. The van der Waals surface area contributed by atoms with Gasteiger partial charge >= 0.3 is 0 Å². The smallest absolute Gasteiger partial charge is 0.146 e. The Kier molecular flexibility index (Phi) is 6.85. The summed E-state index contributed by atoms with van der Waals surface area (Å²) >= 11 is 6.34. The molecule has 0 spiro atoms. The lowest BCUT2D eigenvalue weighted by atomic mass is 9.80. The lowest BCUT2D eigenvalue weighted by molar-refractivity contribution is 0.0899. The van der Waals surface area contributed by atoms with Crippen molar-refractivity contribution in [1.82, 2.24) is 14.5 Å². The molecule has 1 saturated carbocycles. The zero-order chi connectivity index (χ0) is 22.0. The molecule has 4 nitrogen and oxygen atoms in total. The number of halogens is 1. The molecule has 31 heavy (non-hydrogen) atoms. The Morgan fingerprint density at radius 1 is 1.13 bits per heavy atom. The zero-order valence-electron chi connectivity index (χ0n) is 19.2. The molecule has 166 valence electrons. The van der Waals surface area contributed by atoms with Gasteiger partial charge in [0.2, 0.25) is 0 Å². The highest BCUT2D eigenvalue weighted by atomic mass is 35.5. The van der Waals surface area contributed by atoms with Crippen molar-refractivity contribution in [2.75, 3.05) is 6.61 Å². The number of ether oxygens (including phenoxy) is 1. The highest BCUT2D eigenvalue weighted by Crippen LogP contribution is 2.41. The Bertz CT molecular complexity index is 1030. The summed E-state index contributed by atoms with van der Waals surface area (Å²) in [6.45, 7) is 10.8. The first-order valence-corrected chi connectivity index (χ1v) is 15.6. The number of nitrogens with zero attached hydrogens (tertiary/aromatic N) is 3. The molecule has 0 N–H and O–H groups in total. The summed E-state index contributed by atoms with van der Waals surface area (Å²) in [4.78, 5) is 9.51. The van der Waals surface area contributed by atoms with Crippen molar-refractivity contribution in [3.63, 3.8) is 0 Å². The first kappa shape index (κ1) is 22.5. The van der Waals surface area contributed by atoms with Crippen LogP contribution in [0.25, 0.3) is 22.2 Å². The van der Waals surface area contributed by atoms with Gasteiger partial charge < -0.3 is 9.30 Å². The van der Waals surface area contributed by atoms with Crippen LogP contribution in [0.3, 0.4) is 0 Å². The standard InChI is InChI=1S/C25H34ClN3OSi/c1-18-8-10-19(11-9-18)24-23-22(20-6-5-7-21(26)14-20)15-29(25(23)28-16-27-24)17-30-12-13-31(2,3)4/h5-7,14-16,18-19H,8-13,17H2,1-4H3. The van der Waals surface area contributed by atoms with E-state index in [1.165, 1.54) is 31.4 Å². The van der Waals surface area contributed by atoms with E-state index in [1.807, 2.05) is 18.2 Å². The van der Waals surface area contributed by atoms with Crippen molar-refractivity contribution >= 4 is 30.7 Å². The molecule has 0 amide bonds. The van der Waals surface area contributed by atoms with E-state index in [2.05, 4.69) is 43.4 Å². The molecule has 0 unspecified atom stereocenters. The Labute approximate surface area is 192 Å². The number of benzene rings is 1. The Balaban J connectivity index is 1.73. The van der Waals surface area contributed by atoms with E-state index in [4.69, 9.17) is 26.3 Å². The molecule has 1 aliphatic rings. The van der Waals surface area contributed by atoms with E-state index >= 15 is 0 Å². The fraction of sp³-hybridized carbons (Fsp3) is 0.520. The molecular formula is C25H34ClN3OSi. The second kappa shape index (κ2) is 9.43. The molecule has 1 fully saturated rings. The van der Waals surface area contributed by atoms with Crippen LogP contribution in [0.4, 0.5) is 0 Å². The Morgan fingerprint density at radius 2 is 1.90 bits per heavy atom. The lowest BCUT2D eigenvalue weighted by Crippen LogP contribution is -2.22. The monoisotopic (exact) mass is 455 g/mol. The molecule has 0 bridgehead atoms. The normalized spacial score (nSPS) is 19.8. The molecule has 1 aliphatic carbocycles. The van der Waals surface area contributed by atoms with Gasteiger partial charge in [-0.2, -0.15) is 0 Å². The molecule has 0 saturated heterocycles. The minimum Gasteiger partial charge on any atom is -0.361 e. The van der Waals surface area contributed by atoms with Crippen molar-refractivity contribution in [3.8, 4) is 11.1 Å². The summed E-state index contributed by atoms with van der Waals surface area (Å²) in [7, 11) is -1.11. The first-order valence-electron chi connectivity index (χ1n) is 11.5. The van der Waals surface area contributed by atoms with E-state index in [9.17, 15) is 0 Å². The quantitative estimate of drug-likeness (QED) is 0.276. The van der Waals surface area contributed by atoms with Crippen molar-refractivity contribution < 1.29 is 4.74 Å². The largest absolute Gasteiger partial charge is 0.361 e. The average Bonchev–Trinajstić information content (AvgIpc) is 3.10. The van der Waals surface area contributed by atoms with Crippen molar-refractivity contribution in [3.05, 3.63) is 47.5 Å². The van der Waals surface area contributed by atoms with Crippen LogP contribution >= 0.6 is 11.6 Å². The number of rotatable bonds is 7. The number of hydrogen-bond donors (Lipinski definition) is 0. The summed E-state index contributed by atoms with van der Waals surface area (Å²) in [5.41, 5.74) is 4.42. The van der Waals surface area contributed by atoms with Gasteiger partial charge in [-0.3, -0.25) is 0 Å². The fourth-order valence-electron chi connectivity index (χ4n) is 4.50. The van der Waals surface area contributed by atoms with Crippen molar-refractivity contribution in [2.24, 2.45) is 5.92 Å². The minimum absolute atomic E-state index is 0.489. The van der Waals surface area contributed by atoms with E-state index < -0.39 is 8.07 Å². The highest BCUT2D eigenvalue weighted by Gasteiger charge is 2.26. The number of fused-ring (bicyclic) bond motifs is 1. The molecule has 2 heterocycles. The van der Waals surface area contributed by atoms with E-state index in [-0.39, 0.29) is 0 Å². The van der Waals surface area contributed by atoms with Gasteiger partial charge in [0.05, 0.1) is 5.69 Å². The van der Waals surface area contributed by atoms with Gasteiger partial charge in [-0.05, 0) is 42.5 Å². The van der Waals surface area contributed by atoms with Gasteiger partial charge in [0.1, 0.15) is 18.7 Å². The second-order valence-corrected chi connectivity index (χ2v) is 16.3. The molecule has 4 rings (SSSR count). The summed E-state index contributed by atoms with van der Waals surface area (Å²) in [6.07, 6.45) is 8.83. The van der Waals surface area contributed by atoms with Gasteiger partial charge in [0, 0.05) is 42.8 Å². The number of hydrogen-bond acceptors (Lipinski definition) is 3. The van der Waals surface area contributed by atoms with E-state index in [1.54, 1.807) is 6.33 Å². The van der Waals surface area contributed by atoms with Gasteiger partial charge in [-0.25, -0.2) is 9.97 Å². The predicted molar refractivity (Wildman–Crippen MR) is 132 cm³/mol. The van der Waals surface area contributed by atoms with Gasteiger partial charge in [-0.1, -0.05) is 63.1 Å². The van der Waals surface area contributed by atoms with Crippen LogP contribution in [-0.2, 0) is 11.5 Å². The third-order valence-corrected chi connectivity index (χ3v) is 8.39. The summed E-state index contributed by atoms with van der Waals surface area (Å²) in [5, 5.41) is 1.91. The van der Waals surface area contributed by atoms with Gasteiger partial charge in [0.25, 0.3) is 0 Å². The Morgan fingerprint density at radius 3 is 2.61 bits per heavy atom. The third-order valence-electron chi connectivity index (χ3n) is 6.45. The molecular weight excluding hydrogens is 422 g/mol. The van der Waals surface area contributed by atoms with Crippen LogP contribution in [0.15, 0.2) is 36.8 Å². The molecule has 0 atom stereocenters. The maximum atomic E-state index is 6.34. The van der Waals surface area contributed by atoms with Crippen molar-refractivity contribution in [1.29, 1.82) is 0 Å². The van der Waals surface area contributed by atoms with E-state index in [0.717, 1.165) is 45.8 Å². The lowest BCUT2D eigenvalue weighted by Gasteiger charge is -2.26. The van der Waals surface area contributed by atoms with Crippen LogP contribution in [0.1, 0.15) is 44.2 Å². The fourth-order valence-corrected chi connectivity index (χ4v) is 5.45. The summed E-state index contributed by atoms with van der Waals surface area (Å²) in [6, 6.07) is 9.25. The molecule has 6 heteroatoms. The highest BCUT2D eigenvalue weighted by molar-refractivity contribution is 6.76. The SMILES string of the molecule is CC1CCC(c2ncnc3c2c(-c2cccc(Cl)c2)cn3COCC[Si](C)(C)C)CC1. The third kappa shape index (κ3) is 5.39. The number of aromatic nitrogens is 3. The maximum Gasteiger partial charge on any atom is 0.146 e. The van der Waals surface area contributed by atoms with Crippen LogP contribution in [0, 0.1) is 5.92 Å². The predicted octanol–water partition coefficient (Wildman–Crippen LogP) is 7.36. The van der Waals surface area contributed by atoms with Crippen LogP contribution in [-0.4, -0.2) is 29.2 Å². The van der Waals surface area contributed by atoms with Crippen LogP contribution in [0.2, 0.25) is 30.7 Å². The molecule has 2 aromatic heterocycles. The molecule has 0 radical (unpaired) electrons. The van der Waals surface area contributed by atoms with Crippen LogP contribution in [0.5, 0.6) is 0 Å². The molecule has 0 aliphatic heterocycles. The maximum absolute atomic E-state index is 6.34. The van der Waals surface area contributed by atoms with E-state index in [0.29, 0.717) is 12.6 Å². The average molecular weight is 456 g/mol. The van der Waals surface area contributed by atoms with Gasteiger partial charge in [-0.15, -0.1) is 0 Å².